The summed E-state index contributed by atoms with van der Waals surface area (Å²) >= 11 is 0. The lowest BCUT2D eigenvalue weighted by molar-refractivity contribution is -0.120. The summed E-state index contributed by atoms with van der Waals surface area (Å²) in [6.45, 7) is 7.41. The van der Waals surface area contributed by atoms with Crippen molar-refractivity contribution in [2.75, 3.05) is 19.6 Å². The first-order valence-corrected chi connectivity index (χ1v) is 8.34. The normalized spacial score (nSPS) is 22.9. The topological polar surface area (TPSA) is 70.7 Å². The summed E-state index contributed by atoms with van der Waals surface area (Å²) in [5.41, 5.74) is -0.456. The van der Waals surface area contributed by atoms with Gasteiger partial charge in [-0.2, -0.15) is 0 Å². The molecule has 0 aromatic carbocycles. The molecule has 6 nitrogen and oxygen atoms in total. The Balaban J connectivity index is 1.69. The summed E-state index contributed by atoms with van der Waals surface area (Å²) in [6, 6.07) is 0.698. The molecule has 22 heavy (non-hydrogen) atoms. The zero-order valence-corrected chi connectivity index (χ0v) is 14.0. The van der Waals surface area contributed by atoms with Crippen LogP contribution < -0.4 is 10.6 Å². The molecular formula is C16H29N3O3. The van der Waals surface area contributed by atoms with Crippen molar-refractivity contribution in [3.63, 3.8) is 0 Å². The van der Waals surface area contributed by atoms with E-state index >= 15 is 0 Å². The van der Waals surface area contributed by atoms with Gasteiger partial charge in [0, 0.05) is 25.2 Å². The lowest BCUT2D eigenvalue weighted by Gasteiger charge is -2.26. The van der Waals surface area contributed by atoms with E-state index in [0.717, 1.165) is 38.6 Å². The molecule has 1 atom stereocenters. The highest BCUT2D eigenvalue weighted by Crippen LogP contribution is 2.18. The molecule has 2 fully saturated rings. The van der Waals surface area contributed by atoms with E-state index in [0.29, 0.717) is 19.1 Å². The van der Waals surface area contributed by atoms with Gasteiger partial charge in [0.25, 0.3) is 0 Å². The quantitative estimate of drug-likeness (QED) is 0.828. The van der Waals surface area contributed by atoms with Crippen LogP contribution in [-0.4, -0.2) is 54.2 Å². The van der Waals surface area contributed by atoms with Crippen LogP contribution in [0.2, 0.25) is 0 Å². The first kappa shape index (κ1) is 17.1. The van der Waals surface area contributed by atoms with E-state index in [-0.39, 0.29) is 18.0 Å². The van der Waals surface area contributed by atoms with Crippen LogP contribution in [0.15, 0.2) is 0 Å². The number of carbonyl (C=O) groups excluding carboxylic acids is 2. The minimum absolute atomic E-state index is 0.0794. The molecule has 1 unspecified atom stereocenters. The summed E-state index contributed by atoms with van der Waals surface area (Å²) in [6.07, 6.45) is 4.76. The van der Waals surface area contributed by atoms with Crippen molar-refractivity contribution in [3.8, 4) is 0 Å². The summed E-state index contributed by atoms with van der Waals surface area (Å²) in [5, 5.41) is 6.29. The third kappa shape index (κ3) is 6.22. The maximum atomic E-state index is 12.1. The Morgan fingerprint density at radius 3 is 2.45 bits per heavy atom. The first-order valence-electron chi connectivity index (χ1n) is 8.34. The van der Waals surface area contributed by atoms with E-state index in [1.165, 1.54) is 0 Å². The molecule has 1 aliphatic heterocycles. The van der Waals surface area contributed by atoms with Gasteiger partial charge >= 0.3 is 6.09 Å². The van der Waals surface area contributed by atoms with Gasteiger partial charge < -0.3 is 20.3 Å². The fraction of sp³-hybridized carbons (Fsp3) is 0.875. The summed E-state index contributed by atoms with van der Waals surface area (Å²) < 4.78 is 5.42. The molecule has 126 valence electrons. The maximum Gasteiger partial charge on any atom is 0.410 e. The van der Waals surface area contributed by atoms with Crippen LogP contribution in [0.1, 0.15) is 52.9 Å². The molecule has 0 aromatic rings. The predicted octanol–water partition coefficient (Wildman–Crippen LogP) is 1.64. The van der Waals surface area contributed by atoms with E-state index < -0.39 is 5.60 Å². The second-order valence-electron chi connectivity index (χ2n) is 7.32. The number of hydrogen-bond donors (Lipinski definition) is 2. The predicted molar refractivity (Wildman–Crippen MR) is 84.6 cm³/mol. The average Bonchev–Trinajstić information content (AvgIpc) is 3.20. The first-order chi connectivity index (χ1) is 10.3. The van der Waals surface area contributed by atoms with Crippen LogP contribution in [0, 0.1) is 0 Å². The van der Waals surface area contributed by atoms with Crippen LogP contribution in [0.3, 0.4) is 0 Å². The molecule has 1 saturated carbocycles. The minimum Gasteiger partial charge on any atom is -0.444 e. The maximum absolute atomic E-state index is 12.1. The van der Waals surface area contributed by atoms with Crippen LogP contribution in [0.25, 0.3) is 0 Å². The summed E-state index contributed by atoms with van der Waals surface area (Å²) in [4.78, 5) is 25.6. The molecule has 6 heteroatoms. The highest BCUT2D eigenvalue weighted by atomic mass is 16.6. The van der Waals surface area contributed by atoms with Crippen molar-refractivity contribution >= 4 is 12.0 Å². The molecule has 1 aliphatic carbocycles. The Morgan fingerprint density at radius 2 is 1.82 bits per heavy atom. The standard InChI is InChI=1S/C16H29N3O3/c1-16(2,3)22-15(21)19-9-4-5-12(8-10-19)17-11-14(20)18-13-6-7-13/h12-13,17H,4-11H2,1-3H3,(H,18,20). The third-order valence-electron chi connectivity index (χ3n) is 3.87. The van der Waals surface area contributed by atoms with Gasteiger partial charge in [-0.05, 0) is 52.9 Å². The number of amides is 2. The van der Waals surface area contributed by atoms with Gasteiger partial charge in [-0.15, -0.1) is 0 Å². The Bertz CT molecular complexity index is 402. The molecule has 1 saturated heterocycles. The van der Waals surface area contributed by atoms with Crippen molar-refractivity contribution in [1.82, 2.24) is 15.5 Å². The summed E-state index contributed by atoms with van der Waals surface area (Å²) in [5.74, 6) is 0.0794. The van der Waals surface area contributed by atoms with Crippen molar-refractivity contribution in [2.24, 2.45) is 0 Å². The van der Waals surface area contributed by atoms with Crippen molar-refractivity contribution in [1.29, 1.82) is 0 Å². The molecule has 2 rings (SSSR count). The molecule has 1 heterocycles. The Labute approximate surface area is 132 Å². The van der Waals surface area contributed by atoms with Crippen molar-refractivity contribution in [2.45, 2.75) is 70.6 Å². The largest absolute Gasteiger partial charge is 0.444 e. The average molecular weight is 311 g/mol. The molecule has 2 N–H and O–H groups in total. The lowest BCUT2D eigenvalue weighted by atomic mass is 10.1. The molecule has 2 aliphatic rings. The van der Waals surface area contributed by atoms with E-state index in [9.17, 15) is 9.59 Å². The van der Waals surface area contributed by atoms with Gasteiger partial charge in [-0.25, -0.2) is 4.79 Å². The Hall–Kier alpha value is -1.30. The number of nitrogens with one attached hydrogen (secondary N) is 2. The van der Waals surface area contributed by atoms with E-state index in [1.807, 2.05) is 20.8 Å². The molecule has 0 bridgehead atoms. The van der Waals surface area contributed by atoms with Crippen LogP contribution >= 0.6 is 0 Å². The molecule has 0 aromatic heterocycles. The highest BCUT2D eigenvalue weighted by Gasteiger charge is 2.26. The molecule has 0 spiro atoms. The number of carbonyl (C=O) groups is 2. The van der Waals surface area contributed by atoms with E-state index in [1.54, 1.807) is 4.90 Å². The van der Waals surface area contributed by atoms with Gasteiger partial charge in [0.2, 0.25) is 5.91 Å². The van der Waals surface area contributed by atoms with Crippen LogP contribution in [-0.2, 0) is 9.53 Å². The van der Waals surface area contributed by atoms with Gasteiger partial charge in [0.1, 0.15) is 5.60 Å². The number of hydrogen-bond acceptors (Lipinski definition) is 4. The molecule has 2 amide bonds. The monoisotopic (exact) mass is 311 g/mol. The second-order valence-corrected chi connectivity index (χ2v) is 7.32. The van der Waals surface area contributed by atoms with E-state index in [4.69, 9.17) is 4.74 Å². The third-order valence-corrected chi connectivity index (χ3v) is 3.87. The molecular weight excluding hydrogens is 282 g/mol. The van der Waals surface area contributed by atoms with Crippen molar-refractivity contribution in [3.05, 3.63) is 0 Å². The van der Waals surface area contributed by atoms with E-state index in [2.05, 4.69) is 10.6 Å². The van der Waals surface area contributed by atoms with Crippen LogP contribution in [0.4, 0.5) is 4.79 Å². The number of likely N-dealkylation sites (tertiary alicyclic amines) is 1. The zero-order valence-electron chi connectivity index (χ0n) is 14.0. The Kier molecular flexibility index (Phi) is 5.67. The SMILES string of the molecule is CC(C)(C)OC(=O)N1CCCC(NCC(=O)NC2CC2)CC1. The second kappa shape index (κ2) is 7.31. The smallest absolute Gasteiger partial charge is 0.410 e. The van der Waals surface area contributed by atoms with Gasteiger partial charge in [0.05, 0.1) is 6.54 Å². The van der Waals surface area contributed by atoms with Gasteiger partial charge in [0.15, 0.2) is 0 Å². The molecule has 0 radical (unpaired) electrons. The zero-order chi connectivity index (χ0) is 16.2. The number of ether oxygens (including phenoxy) is 1. The van der Waals surface area contributed by atoms with Crippen molar-refractivity contribution < 1.29 is 14.3 Å². The van der Waals surface area contributed by atoms with Gasteiger partial charge in [-0.1, -0.05) is 0 Å². The minimum atomic E-state index is -0.456. The highest BCUT2D eigenvalue weighted by molar-refractivity contribution is 5.78. The Morgan fingerprint density at radius 1 is 1.09 bits per heavy atom. The van der Waals surface area contributed by atoms with Crippen LogP contribution in [0.5, 0.6) is 0 Å². The lowest BCUT2D eigenvalue weighted by Crippen LogP contribution is -2.41. The summed E-state index contributed by atoms with van der Waals surface area (Å²) in [7, 11) is 0. The number of rotatable bonds is 4. The fourth-order valence-corrected chi connectivity index (χ4v) is 2.55. The fourth-order valence-electron chi connectivity index (χ4n) is 2.55. The van der Waals surface area contributed by atoms with Gasteiger partial charge in [-0.3, -0.25) is 4.79 Å². The number of nitrogens with zero attached hydrogens (tertiary/aromatic N) is 1.